The summed E-state index contributed by atoms with van der Waals surface area (Å²) in [6.45, 7) is 7.44. The molecule has 0 saturated heterocycles. The third-order valence-corrected chi connectivity index (χ3v) is 5.08. The zero-order chi connectivity index (χ0) is 19.3. The van der Waals surface area contributed by atoms with Crippen LogP contribution in [-0.4, -0.2) is 18.6 Å². The number of hydrogen-bond acceptors (Lipinski definition) is 4. The van der Waals surface area contributed by atoms with Crippen molar-refractivity contribution in [2.75, 3.05) is 11.9 Å². The summed E-state index contributed by atoms with van der Waals surface area (Å²) in [5.41, 5.74) is 5.55. The van der Waals surface area contributed by atoms with E-state index < -0.39 is 0 Å². The molecule has 1 heterocycles. The summed E-state index contributed by atoms with van der Waals surface area (Å²) in [6, 6.07) is 18.4. The number of nitrogens with one attached hydrogen (secondary N) is 2. The van der Waals surface area contributed by atoms with Gasteiger partial charge in [0, 0.05) is 16.9 Å². The van der Waals surface area contributed by atoms with Crippen LogP contribution in [0.2, 0.25) is 0 Å². The molecule has 1 aliphatic carbocycles. The number of amidine groups is 1. The van der Waals surface area contributed by atoms with E-state index in [1.54, 1.807) is 0 Å². The number of allylic oxidation sites excluding steroid dienone is 2. The van der Waals surface area contributed by atoms with Crippen molar-refractivity contribution in [3.05, 3.63) is 89.6 Å². The predicted molar refractivity (Wildman–Crippen MR) is 115 cm³/mol. The second-order valence-corrected chi connectivity index (χ2v) is 7.50. The van der Waals surface area contributed by atoms with Crippen molar-refractivity contribution in [3.8, 4) is 0 Å². The van der Waals surface area contributed by atoms with Crippen LogP contribution < -0.4 is 10.6 Å². The van der Waals surface area contributed by atoms with E-state index in [9.17, 15) is 0 Å². The lowest BCUT2D eigenvalue weighted by Gasteiger charge is -2.26. The highest BCUT2D eigenvalue weighted by molar-refractivity contribution is 6.05. The summed E-state index contributed by atoms with van der Waals surface area (Å²) in [5, 5.41) is 6.87. The summed E-state index contributed by atoms with van der Waals surface area (Å²) < 4.78 is 5.90. The van der Waals surface area contributed by atoms with Gasteiger partial charge in [-0.15, -0.1) is 0 Å². The lowest BCUT2D eigenvalue weighted by atomic mass is 10.1. The Morgan fingerprint density at radius 1 is 1.18 bits per heavy atom. The molecule has 1 fully saturated rings. The van der Waals surface area contributed by atoms with Gasteiger partial charge in [0.25, 0.3) is 0 Å². The molecule has 4 rings (SSSR count). The summed E-state index contributed by atoms with van der Waals surface area (Å²) >= 11 is 0. The molecule has 2 aromatic rings. The molecule has 0 amide bonds. The summed E-state index contributed by atoms with van der Waals surface area (Å²) in [4.78, 5) is 4.84. The number of nitrogens with zero attached hydrogens (tertiary/aromatic N) is 1. The quantitative estimate of drug-likeness (QED) is 0.681. The summed E-state index contributed by atoms with van der Waals surface area (Å²) in [7, 11) is 0. The minimum atomic E-state index is -0.137. The van der Waals surface area contributed by atoms with E-state index in [-0.39, 0.29) is 6.17 Å². The van der Waals surface area contributed by atoms with E-state index in [1.165, 1.54) is 18.4 Å². The third-order valence-electron chi connectivity index (χ3n) is 5.08. The molecule has 4 heteroatoms. The number of benzene rings is 2. The number of para-hydroxylation sites is 1. The van der Waals surface area contributed by atoms with E-state index in [0.717, 1.165) is 34.3 Å². The maximum absolute atomic E-state index is 5.90. The summed E-state index contributed by atoms with van der Waals surface area (Å²) in [5.74, 6) is 1.58. The van der Waals surface area contributed by atoms with Crippen molar-refractivity contribution in [2.45, 2.75) is 32.5 Å². The lowest BCUT2D eigenvalue weighted by molar-refractivity contribution is 0.113. The van der Waals surface area contributed by atoms with E-state index in [1.807, 2.05) is 30.3 Å². The van der Waals surface area contributed by atoms with Crippen LogP contribution >= 0.6 is 0 Å². The van der Waals surface area contributed by atoms with Crippen molar-refractivity contribution in [1.29, 1.82) is 0 Å². The first-order valence-corrected chi connectivity index (χ1v) is 9.88. The van der Waals surface area contributed by atoms with E-state index in [2.05, 4.69) is 54.5 Å². The lowest BCUT2D eigenvalue weighted by Crippen LogP contribution is -2.35. The van der Waals surface area contributed by atoms with Gasteiger partial charge in [-0.2, -0.15) is 0 Å². The average Bonchev–Trinajstić information content (AvgIpc) is 3.54. The zero-order valence-electron chi connectivity index (χ0n) is 16.3. The standard InChI is InChI=1S/C24H27N3O/c1-17(20-12-13-20)14-18(2)25-24-21-10-6-7-11-22(21)26-23(27-24)16-28-15-19-8-4-3-5-9-19/h3-11,14,20,23,26H,2,12-13,15-16H2,1H3,(H,25,27)/b17-14+. The molecule has 0 bridgehead atoms. The molecule has 1 atom stereocenters. The van der Waals surface area contributed by atoms with Crippen LogP contribution in [0.1, 0.15) is 30.9 Å². The molecule has 28 heavy (non-hydrogen) atoms. The van der Waals surface area contributed by atoms with Gasteiger partial charge in [-0.25, -0.2) is 4.99 Å². The number of rotatable bonds is 7. The van der Waals surface area contributed by atoms with E-state index >= 15 is 0 Å². The van der Waals surface area contributed by atoms with Crippen LogP contribution in [0.3, 0.4) is 0 Å². The van der Waals surface area contributed by atoms with Crippen LogP contribution in [0.25, 0.3) is 0 Å². The molecule has 2 aromatic carbocycles. The number of hydrogen-bond donors (Lipinski definition) is 2. The van der Waals surface area contributed by atoms with Crippen LogP contribution in [0.4, 0.5) is 5.69 Å². The molecule has 0 spiro atoms. The highest BCUT2D eigenvalue weighted by atomic mass is 16.5. The smallest absolute Gasteiger partial charge is 0.144 e. The van der Waals surface area contributed by atoms with E-state index in [4.69, 9.17) is 9.73 Å². The molecule has 1 aliphatic heterocycles. The second-order valence-electron chi connectivity index (χ2n) is 7.50. The minimum absolute atomic E-state index is 0.137. The Morgan fingerprint density at radius 2 is 1.93 bits per heavy atom. The highest BCUT2D eigenvalue weighted by Gasteiger charge is 2.23. The van der Waals surface area contributed by atoms with Gasteiger partial charge in [0.2, 0.25) is 0 Å². The first-order valence-electron chi connectivity index (χ1n) is 9.88. The molecule has 4 nitrogen and oxygen atoms in total. The molecule has 1 saturated carbocycles. The van der Waals surface area contributed by atoms with Gasteiger partial charge < -0.3 is 15.4 Å². The maximum atomic E-state index is 5.90. The number of ether oxygens (including phenoxy) is 1. The first kappa shape index (κ1) is 18.5. The molecule has 0 radical (unpaired) electrons. The highest BCUT2D eigenvalue weighted by Crippen LogP contribution is 2.36. The normalized spacial score (nSPS) is 18.7. The largest absolute Gasteiger partial charge is 0.373 e. The van der Waals surface area contributed by atoms with Gasteiger partial charge in [0.15, 0.2) is 0 Å². The van der Waals surface area contributed by atoms with Gasteiger partial charge >= 0.3 is 0 Å². The molecule has 2 N–H and O–H groups in total. The fourth-order valence-corrected chi connectivity index (χ4v) is 3.41. The Morgan fingerprint density at radius 3 is 2.71 bits per heavy atom. The Bertz CT molecular complexity index is 897. The maximum Gasteiger partial charge on any atom is 0.144 e. The van der Waals surface area contributed by atoms with Crippen LogP contribution in [0.15, 0.2) is 83.5 Å². The SMILES string of the molecule is C=C(/C=C(\C)C1CC1)NC1=NC(COCc2ccccc2)Nc2ccccc21. The topological polar surface area (TPSA) is 45.7 Å². The van der Waals surface area contributed by atoms with Crippen molar-refractivity contribution < 1.29 is 4.74 Å². The van der Waals surface area contributed by atoms with Gasteiger partial charge in [-0.1, -0.05) is 54.6 Å². The Hall–Kier alpha value is -2.85. The van der Waals surface area contributed by atoms with Crippen LogP contribution in [0, 0.1) is 5.92 Å². The number of fused-ring (bicyclic) bond motifs is 1. The molecule has 144 valence electrons. The molecule has 1 unspecified atom stereocenters. The van der Waals surface area contributed by atoms with Crippen molar-refractivity contribution >= 4 is 11.5 Å². The molecule has 0 aromatic heterocycles. The number of anilines is 1. The Labute approximate surface area is 167 Å². The van der Waals surface area contributed by atoms with Crippen LogP contribution in [-0.2, 0) is 11.3 Å². The second kappa shape index (κ2) is 8.44. The van der Waals surface area contributed by atoms with Crippen molar-refractivity contribution in [3.63, 3.8) is 0 Å². The average molecular weight is 374 g/mol. The third kappa shape index (κ3) is 4.70. The molecule has 2 aliphatic rings. The van der Waals surface area contributed by atoms with Gasteiger partial charge in [0.05, 0.1) is 13.2 Å². The first-order chi connectivity index (χ1) is 13.7. The minimum Gasteiger partial charge on any atom is -0.373 e. The fourth-order valence-electron chi connectivity index (χ4n) is 3.41. The van der Waals surface area contributed by atoms with Gasteiger partial charge in [0.1, 0.15) is 12.0 Å². The monoisotopic (exact) mass is 373 g/mol. The van der Waals surface area contributed by atoms with Gasteiger partial charge in [-0.3, -0.25) is 0 Å². The predicted octanol–water partition coefficient (Wildman–Crippen LogP) is 4.86. The Kier molecular flexibility index (Phi) is 5.58. The molecular formula is C24H27N3O. The van der Waals surface area contributed by atoms with Crippen molar-refractivity contribution in [2.24, 2.45) is 10.9 Å². The number of aliphatic imine (C=N–C) groups is 1. The van der Waals surface area contributed by atoms with Crippen molar-refractivity contribution in [1.82, 2.24) is 5.32 Å². The Balaban J connectivity index is 1.44. The van der Waals surface area contributed by atoms with Crippen LogP contribution in [0.5, 0.6) is 0 Å². The molecular weight excluding hydrogens is 346 g/mol. The fraction of sp³-hybridized carbons (Fsp3) is 0.292. The zero-order valence-corrected chi connectivity index (χ0v) is 16.3. The van der Waals surface area contributed by atoms with Gasteiger partial charge in [-0.05, 0) is 49.5 Å². The van der Waals surface area contributed by atoms with E-state index in [0.29, 0.717) is 13.2 Å². The summed E-state index contributed by atoms with van der Waals surface area (Å²) in [6.07, 6.45) is 4.60.